The molecule has 0 unspecified atom stereocenters. The van der Waals surface area contributed by atoms with Gasteiger partial charge in [-0.3, -0.25) is 4.79 Å². The molecular weight excluding hydrogens is 388 g/mol. The maximum absolute atomic E-state index is 12.8. The highest BCUT2D eigenvalue weighted by Gasteiger charge is 2.37. The number of hydrogen-bond donors (Lipinski definition) is 2. The van der Waals surface area contributed by atoms with E-state index in [9.17, 15) is 36.2 Å². The number of carbonyl (C=O) groups is 1. The van der Waals surface area contributed by atoms with E-state index in [1.807, 2.05) is 0 Å². The van der Waals surface area contributed by atoms with Gasteiger partial charge in [-0.25, -0.2) is 0 Å². The molecule has 0 fully saturated rings. The number of halogens is 7. The number of Topliss-reactive ketones (excluding diaryl/α,β-unsaturated/α-hetero) is 1. The molecule has 0 aliphatic heterocycles. The zero-order valence-corrected chi connectivity index (χ0v) is 13.4. The Morgan fingerprint density at radius 2 is 1.50 bits per heavy atom. The molecule has 0 heterocycles. The van der Waals surface area contributed by atoms with Gasteiger partial charge in [-0.2, -0.15) is 26.3 Å². The van der Waals surface area contributed by atoms with Crippen LogP contribution < -0.4 is 5.32 Å². The van der Waals surface area contributed by atoms with Crippen LogP contribution in [0.4, 0.5) is 32.0 Å². The number of nitrogens with one attached hydrogen (secondary N) is 1. The van der Waals surface area contributed by atoms with Crippen LogP contribution in [0.15, 0.2) is 36.4 Å². The van der Waals surface area contributed by atoms with Gasteiger partial charge in [-0.15, -0.1) is 0 Å². The van der Waals surface area contributed by atoms with Gasteiger partial charge in [0.15, 0.2) is 5.78 Å². The number of ketones is 1. The fraction of sp³-hybridized carbons (Fsp3) is 0.188. The molecule has 0 saturated carbocycles. The first-order valence-electron chi connectivity index (χ1n) is 6.93. The van der Waals surface area contributed by atoms with Crippen molar-refractivity contribution in [3.05, 3.63) is 58.1 Å². The Balaban J connectivity index is 2.28. The Morgan fingerprint density at radius 3 is 2.00 bits per heavy atom. The number of rotatable bonds is 4. The largest absolute Gasteiger partial charge is 0.507 e. The molecule has 2 aromatic rings. The number of aromatic hydroxyl groups is 1. The number of benzene rings is 2. The summed E-state index contributed by atoms with van der Waals surface area (Å²) in [5.74, 6) is -1.18. The van der Waals surface area contributed by atoms with Gasteiger partial charge in [-0.1, -0.05) is 11.6 Å². The second-order valence-corrected chi connectivity index (χ2v) is 5.67. The van der Waals surface area contributed by atoms with E-state index in [4.69, 9.17) is 11.6 Å². The second-order valence-electron chi connectivity index (χ2n) is 5.23. The van der Waals surface area contributed by atoms with Crippen LogP contribution in [0.5, 0.6) is 5.75 Å². The van der Waals surface area contributed by atoms with Crippen LogP contribution in [0.1, 0.15) is 21.5 Å². The quantitative estimate of drug-likeness (QED) is 0.538. The van der Waals surface area contributed by atoms with Crippen LogP contribution in [0.2, 0.25) is 5.02 Å². The van der Waals surface area contributed by atoms with Crippen molar-refractivity contribution in [1.29, 1.82) is 0 Å². The lowest BCUT2D eigenvalue weighted by molar-refractivity contribution is -0.143. The predicted octanol–water partition coefficient (Wildman–Crippen LogP) is 5.38. The monoisotopic (exact) mass is 397 g/mol. The number of carbonyl (C=O) groups excluding carboxylic acids is 1. The minimum absolute atomic E-state index is 0.0181. The summed E-state index contributed by atoms with van der Waals surface area (Å²) in [5, 5.41) is 11.9. The second kappa shape index (κ2) is 7.06. The van der Waals surface area contributed by atoms with Crippen LogP contribution in [0, 0.1) is 0 Å². The lowest BCUT2D eigenvalue weighted by Crippen LogP contribution is -2.16. The maximum Gasteiger partial charge on any atom is 0.416 e. The van der Waals surface area contributed by atoms with Crippen LogP contribution in [-0.4, -0.2) is 17.4 Å². The van der Waals surface area contributed by atoms with Crippen molar-refractivity contribution >= 4 is 23.1 Å². The molecule has 2 N–H and O–H groups in total. The van der Waals surface area contributed by atoms with Gasteiger partial charge in [0.05, 0.1) is 23.2 Å². The van der Waals surface area contributed by atoms with Gasteiger partial charge in [0, 0.05) is 10.7 Å². The zero-order valence-electron chi connectivity index (χ0n) is 12.7. The average Bonchev–Trinajstić information content (AvgIpc) is 2.53. The Bertz CT molecular complexity index is 800. The highest BCUT2D eigenvalue weighted by atomic mass is 35.5. The lowest BCUT2D eigenvalue weighted by Gasteiger charge is -2.15. The van der Waals surface area contributed by atoms with E-state index in [1.165, 1.54) is 6.07 Å². The van der Waals surface area contributed by atoms with Crippen molar-refractivity contribution < 1.29 is 36.2 Å². The Morgan fingerprint density at radius 1 is 0.962 bits per heavy atom. The molecule has 2 aromatic carbocycles. The number of hydrogen-bond acceptors (Lipinski definition) is 3. The van der Waals surface area contributed by atoms with Crippen molar-refractivity contribution in [2.24, 2.45) is 0 Å². The third-order valence-corrected chi connectivity index (χ3v) is 3.53. The van der Waals surface area contributed by atoms with Crippen LogP contribution >= 0.6 is 11.6 Å². The predicted molar refractivity (Wildman–Crippen MR) is 82.4 cm³/mol. The van der Waals surface area contributed by atoms with E-state index in [-0.39, 0.29) is 16.7 Å². The smallest absolute Gasteiger partial charge is 0.416 e. The highest BCUT2D eigenvalue weighted by Crippen LogP contribution is 2.37. The number of anilines is 1. The summed E-state index contributed by atoms with van der Waals surface area (Å²) in [6.07, 6.45) is -9.99. The Hall–Kier alpha value is -2.42. The first kappa shape index (κ1) is 19.9. The summed E-state index contributed by atoms with van der Waals surface area (Å²) >= 11 is 5.69. The highest BCUT2D eigenvalue weighted by molar-refractivity contribution is 6.31. The molecule has 0 amide bonds. The van der Waals surface area contributed by atoms with Crippen molar-refractivity contribution in [3.8, 4) is 5.75 Å². The third-order valence-electron chi connectivity index (χ3n) is 3.30. The topological polar surface area (TPSA) is 49.3 Å². The van der Waals surface area contributed by atoms with Gasteiger partial charge in [0.2, 0.25) is 0 Å². The van der Waals surface area contributed by atoms with Gasteiger partial charge >= 0.3 is 12.4 Å². The molecule has 2 rings (SSSR count). The van der Waals surface area contributed by atoms with Gasteiger partial charge in [-0.05, 0) is 36.4 Å². The molecule has 0 radical (unpaired) electrons. The molecule has 0 spiro atoms. The molecule has 0 aromatic heterocycles. The minimum Gasteiger partial charge on any atom is -0.507 e. The van der Waals surface area contributed by atoms with E-state index in [1.54, 1.807) is 0 Å². The minimum atomic E-state index is -4.99. The Labute approximate surface area is 148 Å². The molecule has 0 bridgehead atoms. The van der Waals surface area contributed by atoms with E-state index < -0.39 is 47.2 Å². The van der Waals surface area contributed by atoms with Crippen molar-refractivity contribution in [2.75, 3.05) is 11.9 Å². The first-order chi connectivity index (χ1) is 11.9. The normalized spacial score (nSPS) is 12.1. The fourth-order valence-electron chi connectivity index (χ4n) is 2.07. The molecule has 10 heteroatoms. The van der Waals surface area contributed by atoms with Crippen molar-refractivity contribution in [1.82, 2.24) is 0 Å². The molecule has 3 nitrogen and oxygen atoms in total. The zero-order chi connectivity index (χ0) is 19.7. The molecule has 0 aliphatic rings. The first-order valence-corrected chi connectivity index (χ1v) is 7.31. The number of phenols is 1. The van der Waals surface area contributed by atoms with E-state index in [2.05, 4.69) is 5.32 Å². The van der Waals surface area contributed by atoms with E-state index in [0.29, 0.717) is 12.1 Å². The molecule has 140 valence electrons. The van der Waals surface area contributed by atoms with Crippen molar-refractivity contribution in [2.45, 2.75) is 12.4 Å². The lowest BCUT2D eigenvalue weighted by atomic mass is 10.1. The summed E-state index contributed by atoms with van der Waals surface area (Å²) in [6.45, 7) is -0.646. The van der Waals surface area contributed by atoms with Crippen LogP contribution in [0.25, 0.3) is 0 Å². The van der Waals surface area contributed by atoms with Crippen LogP contribution in [-0.2, 0) is 12.4 Å². The molecular formula is C16H10ClF6NO2. The van der Waals surface area contributed by atoms with Crippen molar-refractivity contribution in [3.63, 3.8) is 0 Å². The summed E-state index contributed by atoms with van der Waals surface area (Å²) in [5.41, 5.74) is -3.77. The third kappa shape index (κ3) is 4.81. The SMILES string of the molecule is O=C(CNc1cc(C(F)(F)F)cc(C(F)(F)F)c1)c1cc(Cl)ccc1O. The van der Waals surface area contributed by atoms with Crippen LogP contribution in [0.3, 0.4) is 0 Å². The van der Waals surface area contributed by atoms with Gasteiger partial charge in [0.1, 0.15) is 5.75 Å². The molecule has 0 atom stereocenters. The summed E-state index contributed by atoms with van der Waals surface area (Å²) < 4.78 is 76.7. The number of alkyl halides is 6. The van der Waals surface area contributed by atoms with E-state index in [0.717, 1.165) is 12.1 Å². The number of phenolic OH excluding ortho intramolecular Hbond substituents is 1. The van der Waals surface area contributed by atoms with Gasteiger partial charge in [0.25, 0.3) is 0 Å². The molecule has 0 aliphatic carbocycles. The molecule has 26 heavy (non-hydrogen) atoms. The van der Waals surface area contributed by atoms with Gasteiger partial charge < -0.3 is 10.4 Å². The van der Waals surface area contributed by atoms with E-state index >= 15 is 0 Å². The average molecular weight is 398 g/mol. The Kier molecular flexibility index (Phi) is 5.41. The summed E-state index contributed by atoms with van der Waals surface area (Å²) in [7, 11) is 0. The summed E-state index contributed by atoms with van der Waals surface area (Å²) in [6, 6.07) is 4.48. The maximum atomic E-state index is 12.8. The standard InChI is InChI=1S/C16H10ClF6NO2/c17-10-1-2-13(25)12(6-10)14(26)7-24-11-4-8(15(18,19)20)3-9(5-11)16(21,22)23/h1-6,24-25H,7H2. The fourth-order valence-corrected chi connectivity index (χ4v) is 2.24. The molecule has 0 saturated heterocycles. The summed E-state index contributed by atoms with van der Waals surface area (Å²) in [4.78, 5) is 12.0.